The van der Waals surface area contributed by atoms with Crippen molar-refractivity contribution in [3.05, 3.63) is 59.2 Å². The summed E-state index contributed by atoms with van der Waals surface area (Å²) in [6.07, 6.45) is 0.0212. The summed E-state index contributed by atoms with van der Waals surface area (Å²) in [6, 6.07) is 12.6. The van der Waals surface area contributed by atoms with Crippen LogP contribution in [0.4, 0.5) is 11.4 Å². The van der Waals surface area contributed by atoms with Gasteiger partial charge in [0.25, 0.3) is 0 Å². The molecule has 2 aromatic carbocycles. The van der Waals surface area contributed by atoms with Crippen molar-refractivity contribution >= 4 is 45.9 Å². The number of nitrogens with zero attached hydrogens (tertiary/aromatic N) is 2. The zero-order valence-corrected chi connectivity index (χ0v) is 19.5. The van der Waals surface area contributed by atoms with Gasteiger partial charge in [0.05, 0.1) is 18.8 Å². The third-order valence-electron chi connectivity index (χ3n) is 5.05. The molecule has 8 heteroatoms. The molecule has 0 saturated carbocycles. The second-order valence-corrected chi connectivity index (χ2v) is 8.83. The average Bonchev–Trinajstić information content (AvgIpc) is 3.03. The number of rotatable bonds is 8. The van der Waals surface area contributed by atoms with Gasteiger partial charge in [0, 0.05) is 24.8 Å². The third-order valence-corrected chi connectivity index (χ3v) is 6.23. The van der Waals surface area contributed by atoms with Crippen molar-refractivity contribution in [2.75, 3.05) is 25.6 Å². The van der Waals surface area contributed by atoms with E-state index in [1.165, 1.54) is 18.7 Å². The van der Waals surface area contributed by atoms with Crippen LogP contribution in [0.5, 0.6) is 0 Å². The van der Waals surface area contributed by atoms with E-state index in [9.17, 15) is 14.4 Å². The summed E-state index contributed by atoms with van der Waals surface area (Å²) in [5.41, 5.74) is 4.11. The molecule has 1 atom stereocenters. The second-order valence-electron chi connectivity index (χ2n) is 7.66. The first-order valence-electron chi connectivity index (χ1n) is 10.3. The molecule has 168 valence electrons. The summed E-state index contributed by atoms with van der Waals surface area (Å²) in [5, 5.41) is 2.80. The summed E-state index contributed by atoms with van der Waals surface area (Å²) in [6.45, 7) is 6.24. The van der Waals surface area contributed by atoms with Gasteiger partial charge in [-0.3, -0.25) is 19.3 Å². The van der Waals surface area contributed by atoms with E-state index in [0.29, 0.717) is 29.6 Å². The van der Waals surface area contributed by atoms with Crippen LogP contribution in [0.15, 0.2) is 47.5 Å². The van der Waals surface area contributed by atoms with Crippen LogP contribution in [-0.4, -0.2) is 53.2 Å². The highest BCUT2D eigenvalue weighted by atomic mass is 32.2. The molecule has 1 fully saturated rings. The summed E-state index contributed by atoms with van der Waals surface area (Å²) in [7, 11) is 1.58. The highest BCUT2D eigenvalue weighted by Crippen LogP contribution is 2.32. The number of ketones is 1. The van der Waals surface area contributed by atoms with Gasteiger partial charge in [0.1, 0.15) is 5.25 Å². The van der Waals surface area contributed by atoms with Crippen molar-refractivity contribution in [3.63, 3.8) is 0 Å². The average molecular weight is 454 g/mol. The first kappa shape index (κ1) is 23.7. The SMILES string of the molecule is COCCN1C(=O)[C@H](CC(=O)Nc2ccc(C(C)=O)cc2)SC1=Nc1ccc(C)cc1C. The smallest absolute Gasteiger partial charge is 0.242 e. The van der Waals surface area contributed by atoms with E-state index >= 15 is 0 Å². The Balaban J connectivity index is 1.73. The number of carbonyl (C=O) groups is 3. The Morgan fingerprint density at radius 2 is 1.88 bits per heavy atom. The van der Waals surface area contributed by atoms with Crippen molar-refractivity contribution in [1.82, 2.24) is 4.90 Å². The maximum atomic E-state index is 13.0. The third kappa shape index (κ3) is 5.83. The lowest BCUT2D eigenvalue weighted by Crippen LogP contribution is -2.35. The molecule has 1 N–H and O–H groups in total. The normalized spacial score (nSPS) is 17.1. The number of anilines is 1. The molecule has 0 spiro atoms. The number of hydrogen-bond donors (Lipinski definition) is 1. The molecular weight excluding hydrogens is 426 g/mol. The van der Waals surface area contributed by atoms with E-state index in [1.54, 1.807) is 36.3 Å². The van der Waals surface area contributed by atoms with E-state index < -0.39 is 5.25 Å². The summed E-state index contributed by atoms with van der Waals surface area (Å²) >= 11 is 1.30. The minimum absolute atomic E-state index is 0.0212. The van der Waals surface area contributed by atoms with E-state index in [1.807, 2.05) is 32.0 Å². The summed E-state index contributed by atoms with van der Waals surface area (Å²) in [4.78, 5) is 43.3. The van der Waals surface area contributed by atoms with Gasteiger partial charge < -0.3 is 10.1 Å². The molecule has 0 aliphatic carbocycles. The molecule has 1 aliphatic rings. The predicted molar refractivity (Wildman–Crippen MR) is 128 cm³/mol. The van der Waals surface area contributed by atoms with Gasteiger partial charge in [-0.2, -0.15) is 0 Å². The molecule has 1 aliphatic heterocycles. The Bertz CT molecular complexity index is 1050. The minimum Gasteiger partial charge on any atom is -0.383 e. The number of benzene rings is 2. The fourth-order valence-electron chi connectivity index (χ4n) is 3.32. The highest BCUT2D eigenvalue weighted by molar-refractivity contribution is 8.15. The van der Waals surface area contributed by atoms with Crippen LogP contribution in [0.1, 0.15) is 34.8 Å². The van der Waals surface area contributed by atoms with Gasteiger partial charge in [-0.15, -0.1) is 0 Å². The number of amides is 2. The van der Waals surface area contributed by atoms with Crippen molar-refractivity contribution in [2.24, 2.45) is 4.99 Å². The molecule has 0 bridgehead atoms. The van der Waals surface area contributed by atoms with Gasteiger partial charge in [-0.05, 0) is 56.7 Å². The minimum atomic E-state index is -0.562. The maximum Gasteiger partial charge on any atom is 0.242 e. The van der Waals surface area contributed by atoms with Crippen molar-refractivity contribution in [1.29, 1.82) is 0 Å². The molecule has 2 amide bonds. The molecule has 7 nitrogen and oxygen atoms in total. The monoisotopic (exact) mass is 453 g/mol. The fourth-order valence-corrected chi connectivity index (χ4v) is 4.49. The Labute approximate surface area is 192 Å². The molecule has 2 aromatic rings. The molecule has 1 heterocycles. The van der Waals surface area contributed by atoms with Gasteiger partial charge in [-0.1, -0.05) is 29.5 Å². The number of nitrogens with one attached hydrogen (secondary N) is 1. The number of ether oxygens (including phenoxy) is 1. The van der Waals surface area contributed by atoms with Crippen LogP contribution >= 0.6 is 11.8 Å². The molecule has 0 radical (unpaired) electrons. The number of aliphatic imine (C=N–C) groups is 1. The number of carbonyl (C=O) groups excluding carboxylic acids is 3. The van der Waals surface area contributed by atoms with Crippen LogP contribution in [0.2, 0.25) is 0 Å². The van der Waals surface area contributed by atoms with Crippen LogP contribution in [0, 0.1) is 13.8 Å². The van der Waals surface area contributed by atoms with Gasteiger partial charge in [0.2, 0.25) is 11.8 Å². The Kier molecular flexibility index (Phi) is 7.82. The van der Waals surface area contributed by atoms with Crippen molar-refractivity contribution in [2.45, 2.75) is 32.4 Å². The van der Waals surface area contributed by atoms with Crippen LogP contribution in [0.25, 0.3) is 0 Å². The van der Waals surface area contributed by atoms with Crippen LogP contribution in [0.3, 0.4) is 0 Å². The van der Waals surface area contributed by atoms with E-state index in [0.717, 1.165) is 16.8 Å². The molecular formula is C24H27N3O4S. The fraction of sp³-hybridized carbons (Fsp3) is 0.333. The predicted octanol–water partition coefficient (Wildman–Crippen LogP) is 4.11. The van der Waals surface area contributed by atoms with Gasteiger partial charge >= 0.3 is 0 Å². The first-order valence-corrected chi connectivity index (χ1v) is 11.2. The number of aryl methyl sites for hydroxylation is 2. The van der Waals surface area contributed by atoms with E-state index in [-0.39, 0.29) is 24.0 Å². The molecule has 3 rings (SSSR count). The quantitative estimate of drug-likeness (QED) is 0.608. The van der Waals surface area contributed by atoms with Crippen molar-refractivity contribution in [3.8, 4) is 0 Å². The number of methoxy groups -OCH3 is 1. The summed E-state index contributed by atoms with van der Waals surface area (Å²) < 4.78 is 5.15. The zero-order valence-electron chi connectivity index (χ0n) is 18.7. The first-order chi connectivity index (χ1) is 15.3. The van der Waals surface area contributed by atoms with Crippen LogP contribution < -0.4 is 5.32 Å². The Hall–Kier alpha value is -2.97. The number of Topliss-reactive ketones (excluding diaryl/α,β-unsaturated/α-hetero) is 1. The van der Waals surface area contributed by atoms with E-state index in [2.05, 4.69) is 5.32 Å². The zero-order chi connectivity index (χ0) is 23.3. The van der Waals surface area contributed by atoms with Crippen LogP contribution in [-0.2, 0) is 14.3 Å². The van der Waals surface area contributed by atoms with Gasteiger partial charge in [-0.25, -0.2) is 4.99 Å². The van der Waals surface area contributed by atoms with E-state index in [4.69, 9.17) is 9.73 Å². The standard InChI is InChI=1S/C24H27N3O4S/c1-15-5-10-20(16(2)13-15)26-24-27(11-12-31-4)23(30)21(32-24)14-22(29)25-19-8-6-18(7-9-19)17(3)28/h5-10,13,21H,11-12,14H2,1-4H3,(H,25,29)/t21-/m0/s1. The molecule has 32 heavy (non-hydrogen) atoms. The molecule has 0 aromatic heterocycles. The largest absolute Gasteiger partial charge is 0.383 e. The topological polar surface area (TPSA) is 88.1 Å². The van der Waals surface area contributed by atoms with Crippen molar-refractivity contribution < 1.29 is 19.1 Å². The lowest BCUT2D eigenvalue weighted by Gasteiger charge is -2.16. The van der Waals surface area contributed by atoms with Gasteiger partial charge in [0.15, 0.2) is 11.0 Å². The maximum absolute atomic E-state index is 13.0. The molecule has 1 saturated heterocycles. The number of hydrogen-bond acceptors (Lipinski definition) is 6. The lowest BCUT2D eigenvalue weighted by molar-refractivity contribution is -0.128. The Morgan fingerprint density at radius 3 is 2.50 bits per heavy atom. The lowest BCUT2D eigenvalue weighted by atomic mass is 10.1. The highest BCUT2D eigenvalue weighted by Gasteiger charge is 2.39. The molecule has 0 unspecified atom stereocenters. The second kappa shape index (κ2) is 10.6. The number of thioether (sulfide) groups is 1. The summed E-state index contributed by atoms with van der Waals surface area (Å²) in [5.74, 6) is -0.467. The number of amidine groups is 1. The Morgan fingerprint density at radius 1 is 1.16 bits per heavy atom.